The van der Waals surface area contributed by atoms with Gasteiger partial charge in [-0.05, 0) is 38.5 Å². The monoisotopic (exact) mass is 490 g/mol. The molecule has 27 heavy (non-hydrogen) atoms. The smallest absolute Gasteiger partial charge is 0.366 e. The number of halogens is 4. The van der Waals surface area contributed by atoms with E-state index in [2.05, 4.69) is 22.6 Å². The van der Waals surface area contributed by atoms with Crippen molar-refractivity contribution in [2.45, 2.75) is 41.6 Å². The second-order valence-electron chi connectivity index (χ2n) is 7.58. The summed E-state index contributed by atoms with van der Waals surface area (Å²) >= 11 is 2.20. The van der Waals surface area contributed by atoms with Gasteiger partial charge in [0.15, 0.2) is 0 Å². The van der Waals surface area contributed by atoms with Gasteiger partial charge in [0.05, 0.1) is 45.9 Å². The number of anilines is 1. The van der Waals surface area contributed by atoms with Crippen LogP contribution in [0, 0.1) is 23.2 Å². The average Bonchev–Trinajstić information content (AvgIpc) is 3.07. The van der Waals surface area contributed by atoms with Gasteiger partial charge in [-0.15, -0.1) is 0 Å². The van der Waals surface area contributed by atoms with Gasteiger partial charge in [-0.25, -0.2) is 4.90 Å². The van der Waals surface area contributed by atoms with Crippen LogP contribution >= 0.6 is 22.6 Å². The molecule has 0 radical (unpaired) electrons. The van der Waals surface area contributed by atoms with Crippen molar-refractivity contribution in [1.29, 1.82) is 5.26 Å². The maximum Gasteiger partial charge on any atom is 0.417 e. The minimum absolute atomic E-state index is 0.0183. The molecule has 3 aliphatic heterocycles. The number of hydrogen-bond donors (Lipinski definition) is 0. The van der Waals surface area contributed by atoms with Gasteiger partial charge < -0.3 is 4.74 Å². The Hall–Kier alpha value is -1.67. The number of ether oxygens (including phenoxy) is 1. The van der Waals surface area contributed by atoms with Crippen LogP contribution < -0.4 is 4.90 Å². The van der Waals surface area contributed by atoms with Crippen LogP contribution in [0.1, 0.15) is 31.4 Å². The highest BCUT2D eigenvalue weighted by Gasteiger charge is 2.75. The molecule has 2 bridgehead atoms. The van der Waals surface area contributed by atoms with Gasteiger partial charge in [-0.2, -0.15) is 18.4 Å². The molecule has 3 heterocycles. The number of hydrogen-bond acceptors (Lipinski definition) is 4. The molecule has 3 fully saturated rings. The number of amides is 2. The fraction of sp³-hybridized carbons (Fsp3) is 0.500. The zero-order chi connectivity index (χ0) is 19.9. The Bertz CT molecular complexity index is 927. The second-order valence-corrected chi connectivity index (χ2v) is 9.08. The predicted octanol–water partition coefficient (Wildman–Crippen LogP) is 3.44. The highest BCUT2D eigenvalue weighted by Crippen LogP contribution is 2.62. The molecule has 4 unspecified atom stereocenters. The van der Waals surface area contributed by atoms with Gasteiger partial charge in [0, 0.05) is 3.92 Å². The van der Waals surface area contributed by atoms with Gasteiger partial charge >= 0.3 is 6.18 Å². The number of carbonyl (C=O) groups excluding carboxylic acids is 2. The minimum Gasteiger partial charge on any atom is -0.366 e. The number of rotatable bonds is 1. The fourth-order valence-corrected chi connectivity index (χ4v) is 6.12. The third-order valence-corrected chi connectivity index (χ3v) is 7.61. The van der Waals surface area contributed by atoms with Crippen molar-refractivity contribution in [3.05, 3.63) is 29.3 Å². The first-order chi connectivity index (χ1) is 12.4. The van der Waals surface area contributed by atoms with E-state index in [-0.39, 0.29) is 9.61 Å². The Morgan fingerprint density at radius 2 is 1.89 bits per heavy atom. The largest absolute Gasteiger partial charge is 0.417 e. The maximum atomic E-state index is 13.3. The zero-order valence-electron chi connectivity index (χ0n) is 14.3. The van der Waals surface area contributed by atoms with Crippen LogP contribution in [-0.2, 0) is 20.5 Å². The van der Waals surface area contributed by atoms with Crippen LogP contribution in [0.2, 0.25) is 0 Å². The highest BCUT2D eigenvalue weighted by molar-refractivity contribution is 14.1. The number of carbonyl (C=O) groups is 2. The standard InChI is InChI=1S/C18H14F3IN2O3/c1-16-6-11(22)17(2,27-16)13-12(16)14(25)24(15(13)26)9-4-3-8(7-23)10(5-9)18(19,20)21/h3-5,11-13H,6H2,1-2H3/t11?,12-,13?,16?,17?/m1/s1. The average molecular weight is 490 g/mol. The topological polar surface area (TPSA) is 70.4 Å². The summed E-state index contributed by atoms with van der Waals surface area (Å²) in [5.41, 5.74) is -3.53. The molecule has 9 heteroatoms. The van der Waals surface area contributed by atoms with Crippen LogP contribution in [0.3, 0.4) is 0 Å². The third kappa shape index (κ3) is 2.32. The van der Waals surface area contributed by atoms with Crippen molar-refractivity contribution in [3.63, 3.8) is 0 Å². The summed E-state index contributed by atoms with van der Waals surface area (Å²) in [7, 11) is 0. The van der Waals surface area contributed by atoms with Crippen LogP contribution in [0.25, 0.3) is 0 Å². The van der Waals surface area contributed by atoms with Crippen molar-refractivity contribution in [1.82, 2.24) is 0 Å². The number of nitrogens with zero attached hydrogens (tertiary/aromatic N) is 2. The lowest BCUT2D eigenvalue weighted by molar-refractivity contribution is -0.138. The molecule has 3 saturated heterocycles. The molecule has 1 aromatic rings. The van der Waals surface area contributed by atoms with Crippen LogP contribution in [0.15, 0.2) is 18.2 Å². The zero-order valence-corrected chi connectivity index (χ0v) is 16.5. The Balaban J connectivity index is 1.81. The van der Waals surface area contributed by atoms with Gasteiger partial charge in [0.2, 0.25) is 11.8 Å². The summed E-state index contributed by atoms with van der Waals surface area (Å²) < 4.78 is 45.9. The molecule has 2 amide bonds. The summed E-state index contributed by atoms with van der Waals surface area (Å²) in [6.07, 6.45) is -4.17. The predicted molar refractivity (Wildman–Crippen MR) is 96.0 cm³/mol. The van der Waals surface area contributed by atoms with E-state index in [9.17, 15) is 22.8 Å². The lowest BCUT2D eigenvalue weighted by atomic mass is 9.69. The summed E-state index contributed by atoms with van der Waals surface area (Å²) in [6, 6.07) is 4.39. The van der Waals surface area contributed by atoms with Gasteiger partial charge in [-0.1, -0.05) is 22.6 Å². The molecule has 0 saturated carbocycles. The van der Waals surface area contributed by atoms with E-state index >= 15 is 0 Å². The lowest BCUT2D eigenvalue weighted by Crippen LogP contribution is -2.46. The van der Waals surface area contributed by atoms with Crippen molar-refractivity contribution >= 4 is 40.1 Å². The highest BCUT2D eigenvalue weighted by atomic mass is 127. The quantitative estimate of drug-likeness (QED) is 0.344. The van der Waals surface area contributed by atoms with Crippen molar-refractivity contribution in [3.8, 4) is 6.07 Å². The number of imide groups is 1. The first-order valence-electron chi connectivity index (χ1n) is 8.27. The Morgan fingerprint density at radius 1 is 1.26 bits per heavy atom. The summed E-state index contributed by atoms with van der Waals surface area (Å²) in [5.74, 6) is -2.53. The van der Waals surface area contributed by atoms with E-state index in [0.29, 0.717) is 12.5 Å². The molecule has 4 rings (SSSR count). The molecule has 0 spiro atoms. The van der Waals surface area contributed by atoms with E-state index in [1.807, 2.05) is 0 Å². The van der Waals surface area contributed by atoms with Gasteiger partial charge in [0.25, 0.3) is 0 Å². The molecular formula is C18H14F3IN2O3. The molecule has 5 atom stereocenters. The molecule has 1 aromatic carbocycles. The molecule has 0 N–H and O–H groups in total. The summed E-state index contributed by atoms with van der Waals surface area (Å²) in [5, 5.41) is 8.93. The van der Waals surface area contributed by atoms with Gasteiger partial charge in [0.1, 0.15) is 0 Å². The SMILES string of the molecule is CC12OC(C)(CC1I)[C@H]1C(=O)N(c3ccc(C#N)c(C(F)(F)F)c3)C(=O)C12. The van der Waals surface area contributed by atoms with Crippen LogP contribution in [0.4, 0.5) is 18.9 Å². The van der Waals surface area contributed by atoms with Crippen molar-refractivity contribution < 1.29 is 27.5 Å². The van der Waals surface area contributed by atoms with E-state index in [1.54, 1.807) is 13.8 Å². The lowest BCUT2D eigenvalue weighted by Gasteiger charge is -2.31. The molecule has 142 valence electrons. The Labute approximate surface area is 166 Å². The first kappa shape index (κ1) is 18.7. The third-order valence-electron chi connectivity index (χ3n) is 5.93. The molecular weight excluding hydrogens is 476 g/mol. The first-order valence-corrected chi connectivity index (χ1v) is 9.52. The number of nitriles is 1. The Kier molecular flexibility index (Phi) is 3.77. The van der Waals surface area contributed by atoms with Gasteiger partial charge in [-0.3, -0.25) is 9.59 Å². The summed E-state index contributed by atoms with van der Waals surface area (Å²) in [4.78, 5) is 26.9. The van der Waals surface area contributed by atoms with E-state index in [4.69, 9.17) is 10.00 Å². The normalized spacial score (nSPS) is 37.7. The minimum atomic E-state index is -4.77. The van der Waals surface area contributed by atoms with Crippen molar-refractivity contribution in [2.24, 2.45) is 11.8 Å². The molecule has 0 aliphatic carbocycles. The van der Waals surface area contributed by atoms with Crippen LogP contribution in [0.5, 0.6) is 0 Å². The van der Waals surface area contributed by atoms with Crippen molar-refractivity contribution in [2.75, 3.05) is 4.90 Å². The Morgan fingerprint density at radius 3 is 2.48 bits per heavy atom. The molecule has 5 nitrogen and oxygen atoms in total. The second kappa shape index (κ2) is 5.44. The van der Waals surface area contributed by atoms with Crippen LogP contribution in [-0.4, -0.2) is 26.9 Å². The van der Waals surface area contributed by atoms with E-state index in [0.717, 1.165) is 11.0 Å². The fourth-order valence-electron chi connectivity index (χ4n) is 4.73. The van der Waals surface area contributed by atoms with E-state index < -0.39 is 52.2 Å². The van der Waals surface area contributed by atoms with E-state index in [1.165, 1.54) is 12.1 Å². The molecule has 3 aliphatic rings. The number of fused-ring (bicyclic) bond motifs is 5. The number of alkyl halides is 4. The maximum absolute atomic E-state index is 13.3. The number of benzene rings is 1. The summed E-state index contributed by atoms with van der Waals surface area (Å²) in [6.45, 7) is 3.57. The molecule has 0 aromatic heterocycles.